The Labute approximate surface area is 496 Å². The molecule has 6 atom stereocenters. The molecular formula is C69H86N3O12-. The second-order valence-corrected chi connectivity index (χ2v) is 24.2. The molecule has 6 rings (SSSR count). The zero-order chi connectivity index (χ0) is 62.2. The van der Waals surface area contributed by atoms with Gasteiger partial charge in [-0.15, -0.1) is 0 Å². The van der Waals surface area contributed by atoms with E-state index in [0.717, 1.165) is 50.1 Å². The van der Waals surface area contributed by atoms with E-state index in [9.17, 15) is 44.1 Å². The number of amides is 3. The number of aliphatic carboxylic acids is 3. The number of benzene rings is 6. The molecule has 6 aromatic rings. The van der Waals surface area contributed by atoms with E-state index in [-0.39, 0.29) is 24.5 Å². The Bertz CT molecular complexity index is 2660. The molecule has 0 radical (unpaired) electrons. The van der Waals surface area contributed by atoms with Crippen LogP contribution in [0.25, 0.3) is 33.4 Å². The zero-order valence-electron chi connectivity index (χ0n) is 50.8. The van der Waals surface area contributed by atoms with Crippen molar-refractivity contribution in [2.24, 2.45) is 17.8 Å². The summed E-state index contributed by atoms with van der Waals surface area (Å²) in [6.45, 7) is 21.0. The Morgan fingerprint density at radius 1 is 0.369 bits per heavy atom. The maximum Gasteiger partial charge on any atom is 0.407 e. The zero-order valence-corrected chi connectivity index (χ0v) is 50.8. The van der Waals surface area contributed by atoms with Gasteiger partial charge in [-0.05, 0) is 157 Å². The second kappa shape index (κ2) is 32.4. The molecule has 15 heteroatoms. The van der Waals surface area contributed by atoms with E-state index >= 15 is 0 Å². The fourth-order valence-corrected chi connectivity index (χ4v) is 8.83. The molecule has 0 fully saturated rings. The van der Waals surface area contributed by atoms with Gasteiger partial charge >= 0.3 is 30.2 Å². The molecule has 5 N–H and O–H groups in total. The number of ether oxygens (including phenoxy) is 3. The highest BCUT2D eigenvalue weighted by Gasteiger charge is 2.26. The number of rotatable bonds is 21. The highest BCUT2D eigenvalue weighted by atomic mass is 16.6. The van der Waals surface area contributed by atoms with E-state index in [4.69, 9.17) is 14.2 Å². The van der Waals surface area contributed by atoms with Gasteiger partial charge in [-0.1, -0.05) is 185 Å². The van der Waals surface area contributed by atoms with E-state index in [1.54, 1.807) is 83.1 Å². The fraction of sp³-hybridized carbons (Fsp3) is 0.391. The topological polar surface area (TPSA) is 230 Å². The third kappa shape index (κ3) is 26.6. The predicted molar refractivity (Wildman–Crippen MR) is 328 cm³/mol. The first-order valence-electron chi connectivity index (χ1n) is 28.5. The SMILES string of the molecule is CC(CC(Cc1ccc(-c2ccccc2)cc1)NC(=O)OC(C)(C)C)C(=O)O.CC(CC(Cc1ccc(-c2ccccc2)cc1)NC(=O)OC(C)(C)C)C(=O)[O-].C[C@H](CC(Cc1ccc(-c2ccccc2)cc1)NC(=O)OC(C)(C)C)C(=O)O. The third-order valence-corrected chi connectivity index (χ3v) is 13.0. The summed E-state index contributed by atoms with van der Waals surface area (Å²) in [5.41, 5.74) is 7.95. The Morgan fingerprint density at radius 2 is 0.583 bits per heavy atom. The lowest BCUT2D eigenvalue weighted by Gasteiger charge is -2.26. The van der Waals surface area contributed by atoms with Gasteiger partial charge in [0, 0.05) is 24.1 Å². The van der Waals surface area contributed by atoms with Crippen LogP contribution < -0.4 is 21.1 Å². The minimum atomic E-state index is -1.13. The Kier molecular flexibility index (Phi) is 26.2. The predicted octanol–water partition coefficient (Wildman–Crippen LogP) is 13.4. The van der Waals surface area contributed by atoms with Gasteiger partial charge in [0.2, 0.25) is 0 Å². The number of hydrogen-bond donors (Lipinski definition) is 5. The van der Waals surface area contributed by atoms with Gasteiger partial charge in [-0.3, -0.25) is 9.59 Å². The molecule has 6 aromatic carbocycles. The first-order chi connectivity index (χ1) is 39.4. The summed E-state index contributed by atoms with van der Waals surface area (Å²) in [4.78, 5) is 70.2. The van der Waals surface area contributed by atoms with Crippen LogP contribution in [0.1, 0.15) is 119 Å². The molecule has 5 unspecified atom stereocenters. The van der Waals surface area contributed by atoms with Crippen LogP contribution in [0, 0.1) is 17.8 Å². The van der Waals surface area contributed by atoms with Gasteiger partial charge in [0.15, 0.2) is 0 Å². The maximum absolute atomic E-state index is 12.2. The Hall–Kier alpha value is -8.46. The molecule has 0 aliphatic rings. The summed E-state index contributed by atoms with van der Waals surface area (Å²) < 4.78 is 16.0. The number of carboxylic acids is 3. The van der Waals surface area contributed by atoms with Crippen molar-refractivity contribution in [1.29, 1.82) is 0 Å². The van der Waals surface area contributed by atoms with Crippen molar-refractivity contribution >= 4 is 36.2 Å². The third-order valence-electron chi connectivity index (χ3n) is 13.0. The summed E-state index contributed by atoms with van der Waals surface area (Å²) in [5.74, 6) is -4.70. The van der Waals surface area contributed by atoms with Gasteiger partial charge in [-0.25, -0.2) is 14.4 Å². The molecule has 0 aliphatic carbocycles. The van der Waals surface area contributed by atoms with Gasteiger partial charge in [0.05, 0.1) is 11.8 Å². The fourth-order valence-electron chi connectivity index (χ4n) is 8.83. The molecule has 0 bridgehead atoms. The maximum atomic E-state index is 12.2. The summed E-state index contributed by atoms with van der Waals surface area (Å²) in [7, 11) is 0. The van der Waals surface area contributed by atoms with E-state index in [1.165, 1.54) is 0 Å². The monoisotopic (exact) mass is 1150 g/mol. The number of nitrogens with one attached hydrogen (secondary N) is 3. The van der Waals surface area contributed by atoms with Gasteiger partial charge in [0.25, 0.3) is 0 Å². The van der Waals surface area contributed by atoms with Crippen molar-refractivity contribution in [3.05, 3.63) is 180 Å². The number of hydrogen-bond acceptors (Lipinski definition) is 10. The van der Waals surface area contributed by atoms with E-state index < -0.39 is 70.7 Å². The van der Waals surface area contributed by atoms with Crippen LogP contribution >= 0.6 is 0 Å². The average Bonchev–Trinajstić information content (AvgIpc) is 3.63. The molecule has 84 heavy (non-hydrogen) atoms. The molecule has 0 saturated heterocycles. The lowest BCUT2D eigenvalue weighted by molar-refractivity contribution is -0.311. The highest BCUT2D eigenvalue weighted by molar-refractivity contribution is 5.72. The standard InChI is InChI=1S/3C23H29NO4/c3*1-16(21(25)26)14-20(24-22(27)28-23(2,3)4)15-17-10-12-19(13-11-17)18-8-6-5-7-9-18/h3*5-13,16,20H,14-15H2,1-4H3,(H,24,27)(H,25,26)/p-1/t16-,20?;;/m1../s1. The molecule has 0 aliphatic heterocycles. The van der Waals surface area contributed by atoms with E-state index in [2.05, 4.69) is 40.2 Å². The van der Waals surface area contributed by atoms with Crippen LogP contribution in [0.15, 0.2) is 164 Å². The average molecular weight is 1150 g/mol. The summed E-state index contributed by atoms with van der Waals surface area (Å²) in [6.07, 6.45) is 0.881. The van der Waals surface area contributed by atoms with Crippen molar-refractivity contribution < 1.29 is 58.3 Å². The van der Waals surface area contributed by atoms with Gasteiger partial charge in [0.1, 0.15) is 16.8 Å². The summed E-state index contributed by atoms with van der Waals surface area (Å²) in [5, 5.41) is 38.1. The van der Waals surface area contributed by atoms with Crippen molar-refractivity contribution in [2.45, 2.75) is 157 Å². The lowest BCUT2D eigenvalue weighted by Crippen LogP contribution is -2.43. The normalized spacial score (nSPS) is 13.4. The van der Waals surface area contributed by atoms with E-state index in [1.807, 2.05) is 140 Å². The van der Waals surface area contributed by atoms with Crippen LogP contribution in [0.2, 0.25) is 0 Å². The summed E-state index contributed by atoms with van der Waals surface area (Å²) in [6, 6.07) is 53.4. The van der Waals surface area contributed by atoms with Crippen molar-refractivity contribution in [3.63, 3.8) is 0 Å². The minimum Gasteiger partial charge on any atom is -0.550 e. The number of carboxylic acid groups (broad SMARTS) is 3. The van der Waals surface area contributed by atoms with Crippen molar-refractivity contribution in [2.75, 3.05) is 0 Å². The largest absolute Gasteiger partial charge is 0.550 e. The van der Waals surface area contributed by atoms with Crippen molar-refractivity contribution in [3.8, 4) is 33.4 Å². The van der Waals surface area contributed by atoms with Gasteiger partial charge < -0.3 is 50.3 Å². The highest BCUT2D eigenvalue weighted by Crippen LogP contribution is 2.25. The lowest BCUT2D eigenvalue weighted by atomic mass is 9.95. The molecule has 0 aromatic heterocycles. The molecule has 0 heterocycles. The molecule has 15 nitrogen and oxygen atoms in total. The number of alkyl carbamates (subject to hydrolysis) is 3. The van der Waals surface area contributed by atoms with E-state index in [0.29, 0.717) is 32.1 Å². The molecule has 0 spiro atoms. The molecular weight excluding hydrogens is 1060 g/mol. The first-order valence-corrected chi connectivity index (χ1v) is 28.5. The summed E-state index contributed by atoms with van der Waals surface area (Å²) >= 11 is 0. The first kappa shape index (κ1) is 68.0. The number of carbonyl (C=O) groups is 6. The van der Waals surface area contributed by atoms with Crippen LogP contribution in [0.5, 0.6) is 0 Å². The van der Waals surface area contributed by atoms with Crippen LogP contribution in [-0.2, 0) is 47.9 Å². The van der Waals surface area contributed by atoms with Crippen LogP contribution in [-0.4, -0.2) is 81.3 Å². The molecule has 450 valence electrons. The van der Waals surface area contributed by atoms with Crippen LogP contribution in [0.3, 0.4) is 0 Å². The molecule has 3 amide bonds. The van der Waals surface area contributed by atoms with Crippen molar-refractivity contribution in [1.82, 2.24) is 16.0 Å². The smallest absolute Gasteiger partial charge is 0.407 e. The Balaban J connectivity index is 0.000000270. The Morgan fingerprint density at radius 3 is 0.786 bits per heavy atom. The number of carbonyl (C=O) groups excluding carboxylic acids is 4. The molecule has 0 saturated carbocycles. The second-order valence-electron chi connectivity index (χ2n) is 24.2. The van der Waals surface area contributed by atoms with Gasteiger partial charge in [-0.2, -0.15) is 0 Å². The van der Waals surface area contributed by atoms with Crippen LogP contribution in [0.4, 0.5) is 14.4 Å². The minimum absolute atomic E-state index is 0.266. The quantitative estimate of drug-likeness (QED) is 0.0424.